The Morgan fingerprint density at radius 2 is 2.05 bits per heavy atom. The van der Waals surface area contributed by atoms with Gasteiger partial charge in [-0.3, -0.25) is 4.79 Å². The summed E-state index contributed by atoms with van der Waals surface area (Å²) in [5.41, 5.74) is 1.06. The molecule has 1 aliphatic rings. The second-order valence-electron chi connectivity index (χ2n) is 5.96. The van der Waals surface area contributed by atoms with Crippen molar-refractivity contribution in [1.82, 2.24) is 5.32 Å². The lowest BCUT2D eigenvalue weighted by Crippen LogP contribution is -2.42. The third kappa shape index (κ3) is 3.34. The van der Waals surface area contributed by atoms with Crippen LogP contribution in [0.1, 0.15) is 49.0 Å². The Hall–Kier alpha value is -1.38. The minimum Gasteiger partial charge on any atom is -0.349 e. The molecule has 3 atom stereocenters. The number of aryl methyl sites for hydroxylation is 1. The zero-order valence-electron chi connectivity index (χ0n) is 11.9. The second-order valence-corrected chi connectivity index (χ2v) is 5.96. The summed E-state index contributed by atoms with van der Waals surface area (Å²) in [5.74, 6) is 0.451. The van der Waals surface area contributed by atoms with Gasteiger partial charge in [-0.1, -0.05) is 25.5 Å². The molecule has 0 radical (unpaired) electrons. The number of hydrogen-bond donors (Lipinski definition) is 1. The maximum atomic E-state index is 13.7. The van der Waals surface area contributed by atoms with Gasteiger partial charge in [0.05, 0.1) is 5.56 Å². The maximum absolute atomic E-state index is 13.7. The fourth-order valence-electron chi connectivity index (χ4n) is 2.94. The van der Waals surface area contributed by atoms with Crippen molar-refractivity contribution in [2.45, 2.75) is 46.1 Å². The van der Waals surface area contributed by atoms with E-state index in [0.29, 0.717) is 5.92 Å². The number of carbonyl (C=O) groups is 1. The molecule has 19 heavy (non-hydrogen) atoms. The third-order valence-electron chi connectivity index (χ3n) is 4.11. The van der Waals surface area contributed by atoms with Gasteiger partial charge in [-0.2, -0.15) is 0 Å². The van der Waals surface area contributed by atoms with Gasteiger partial charge in [0.2, 0.25) is 0 Å². The van der Waals surface area contributed by atoms with E-state index < -0.39 is 5.82 Å². The molecule has 1 aromatic rings. The average Bonchev–Trinajstić information content (AvgIpc) is 2.35. The summed E-state index contributed by atoms with van der Waals surface area (Å²) in [6, 6.07) is 4.82. The second kappa shape index (κ2) is 5.72. The number of amides is 1. The van der Waals surface area contributed by atoms with Crippen molar-refractivity contribution in [2.75, 3.05) is 0 Å². The van der Waals surface area contributed by atoms with Crippen LogP contribution in [0.2, 0.25) is 0 Å². The van der Waals surface area contributed by atoms with Crippen molar-refractivity contribution in [3.05, 3.63) is 35.1 Å². The minimum absolute atomic E-state index is 0.158. The van der Waals surface area contributed by atoms with Gasteiger partial charge in [-0.05, 0) is 50.2 Å². The lowest BCUT2D eigenvalue weighted by atomic mass is 9.80. The van der Waals surface area contributed by atoms with E-state index >= 15 is 0 Å². The van der Waals surface area contributed by atoms with Gasteiger partial charge < -0.3 is 5.32 Å². The summed E-state index contributed by atoms with van der Waals surface area (Å²) < 4.78 is 13.7. The zero-order chi connectivity index (χ0) is 14.0. The van der Waals surface area contributed by atoms with Crippen LogP contribution in [0.5, 0.6) is 0 Å². The zero-order valence-corrected chi connectivity index (χ0v) is 11.9. The average molecular weight is 263 g/mol. The van der Waals surface area contributed by atoms with Gasteiger partial charge in [0, 0.05) is 6.04 Å². The molecule has 3 heteroatoms. The van der Waals surface area contributed by atoms with Gasteiger partial charge in [0.25, 0.3) is 5.91 Å². The van der Waals surface area contributed by atoms with Crippen molar-refractivity contribution < 1.29 is 9.18 Å². The maximum Gasteiger partial charge on any atom is 0.254 e. The first-order chi connectivity index (χ1) is 8.97. The predicted octanol–water partition coefficient (Wildman–Crippen LogP) is 3.69. The van der Waals surface area contributed by atoms with E-state index in [-0.39, 0.29) is 17.5 Å². The molecule has 1 aliphatic carbocycles. The molecule has 104 valence electrons. The highest BCUT2D eigenvalue weighted by atomic mass is 19.1. The van der Waals surface area contributed by atoms with Gasteiger partial charge in [0.15, 0.2) is 0 Å². The molecule has 0 spiro atoms. The molecule has 1 amide bonds. The molecule has 1 aromatic carbocycles. The Labute approximate surface area is 114 Å². The van der Waals surface area contributed by atoms with Crippen LogP contribution in [0.4, 0.5) is 4.39 Å². The van der Waals surface area contributed by atoms with Crippen LogP contribution in [0.25, 0.3) is 0 Å². The fraction of sp³-hybridized carbons (Fsp3) is 0.562. The van der Waals surface area contributed by atoms with Crippen LogP contribution in [-0.2, 0) is 0 Å². The molecule has 2 rings (SSSR count). The summed E-state index contributed by atoms with van der Waals surface area (Å²) in [4.78, 5) is 12.2. The van der Waals surface area contributed by atoms with Crippen LogP contribution in [0, 0.1) is 24.6 Å². The van der Waals surface area contributed by atoms with Gasteiger partial charge >= 0.3 is 0 Å². The van der Waals surface area contributed by atoms with Gasteiger partial charge in [-0.25, -0.2) is 4.39 Å². The Kier molecular flexibility index (Phi) is 4.23. The van der Waals surface area contributed by atoms with Crippen LogP contribution in [0.15, 0.2) is 18.2 Å². The molecule has 3 unspecified atom stereocenters. The quantitative estimate of drug-likeness (QED) is 0.866. The largest absolute Gasteiger partial charge is 0.349 e. The first kappa shape index (κ1) is 14.0. The number of hydrogen-bond acceptors (Lipinski definition) is 1. The number of rotatable bonds is 2. The van der Waals surface area contributed by atoms with Gasteiger partial charge in [0.1, 0.15) is 5.82 Å². The summed E-state index contributed by atoms with van der Waals surface area (Å²) >= 11 is 0. The Balaban J connectivity index is 2.06. The molecule has 0 aliphatic heterocycles. The SMILES string of the molecule is Cc1ccc(F)c(C(=O)NC2CCC(C)CC2C)c1. The highest BCUT2D eigenvalue weighted by Crippen LogP contribution is 2.28. The first-order valence-electron chi connectivity index (χ1n) is 7.04. The van der Waals surface area contributed by atoms with Crippen molar-refractivity contribution >= 4 is 5.91 Å². The summed E-state index contributed by atoms with van der Waals surface area (Å²) in [6.07, 6.45) is 3.24. The van der Waals surface area contributed by atoms with E-state index in [1.54, 1.807) is 12.1 Å². The van der Waals surface area contributed by atoms with E-state index in [2.05, 4.69) is 19.2 Å². The van der Waals surface area contributed by atoms with Crippen molar-refractivity contribution in [3.8, 4) is 0 Å². The fourth-order valence-corrected chi connectivity index (χ4v) is 2.94. The molecule has 1 N–H and O–H groups in total. The lowest BCUT2D eigenvalue weighted by Gasteiger charge is -2.33. The number of carbonyl (C=O) groups excluding carboxylic acids is 1. The molecule has 1 fully saturated rings. The smallest absolute Gasteiger partial charge is 0.254 e. The molecule has 0 heterocycles. The van der Waals surface area contributed by atoms with Gasteiger partial charge in [-0.15, -0.1) is 0 Å². The molecule has 0 bridgehead atoms. The summed E-state index contributed by atoms with van der Waals surface area (Å²) in [7, 11) is 0. The molecule has 2 nitrogen and oxygen atoms in total. The normalized spacial score (nSPS) is 27.1. The van der Waals surface area contributed by atoms with Crippen molar-refractivity contribution in [3.63, 3.8) is 0 Å². The number of halogens is 1. The monoisotopic (exact) mass is 263 g/mol. The highest BCUT2D eigenvalue weighted by Gasteiger charge is 2.27. The summed E-state index contributed by atoms with van der Waals surface area (Å²) in [5, 5.41) is 2.99. The molecular formula is C16H22FNO. The highest BCUT2D eigenvalue weighted by molar-refractivity contribution is 5.94. The van der Waals surface area contributed by atoms with E-state index in [0.717, 1.165) is 30.7 Å². The number of nitrogens with one attached hydrogen (secondary N) is 1. The van der Waals surface area contributed by atoms with Crippen LogP contribution >= 0.6 is 0 Å². The van der Waals surface area contributed by atoms with E-state index in [1.807, 2.05) is 6.92 Å². The Morgan fingerprint density at radius 1 is 1.32 bits per heavy atom. The Morgan fingerprint density at radius 3 is 2.74 bits per heavy atom. The molecule has 1 saturated carbocycles. The molecule has 0 saturated heterocycles. The lowest BCUT2D eigenvalue weighted by molar-refractivity contribution is 0.0895. The minimum atomic E-state index is -0.445. The molecular weight excluding hydrogens is 241 g/mol. The van der Waals surface area contributed by atoms with Crippen LogP contribution < -0.4 is 5.32 Å². The van der Waals surface area contributed by atoms with E-state index in [4.69, 9.17) is 0 Å². The van der Waals surface area contributed by atoms with E-state index in [9.17, 15) is 9.18 Å². The van der Waals surface area contributed by atoms with Crippen molar-refractivity contribution in [2.24, 2.45) is 11.8 Å². The predicted molar refractivity (Wildman–Crippen MR) is 74.6 cm³/mol. The summed E-state index contributed by atoms with van der Waals surface area (Å²) in [6.45, 7) is 6.27. The van der Waals surface area contributed by atoms with Crippen LogP contribution in [-0.4, -0.2) is 11.9 Å². The topological polar surface area (TPSA) is 29.1 Å². The van der Waals surface area contributed by atoms with Crippen LogP contribution in [0.3, 0.4) is 0 Å². The van der Waals surface area contributed by atoms with E-state index in [1.165, 1.54) is 6.07 Å². The standard InChI is InChI=1S/C16H22FNO/c1-10-5-7-15(12(3)8-10)18-16(19)13-9-11(2)4-6-14(13)17/h4,6,9-10,12,15H,5,7-8H2,1-3H3,(H,18,19). The third-order valence-corrected chi connectivity index (χ3v) is 4.11. The Bertz CT molecular complexity index is 472. The first-order valence-corrected chi connectivity index (χ1v) is 7.04. The molecule has 0 aromatic heterocycles. The number of benzene rings is 1. The van der Waals surface area contributed by atoms with Crippen molar-refractivity contribution in [1.29, 1.82) is 0 Å².